The van der Waals surface area contributed by atoms with Crippen molar-refractivity contribution in [2.45, 2.75) is 90.3 Å². The Balaban J connectivity index is 1.50. The molecule has 2 heterocycles. The molecule has 2 aliphatic heterocycles. The van der Waals surface area contributed by atoms with Crippen LogP contribution in [-0.4, -0.2) is 53.3 Å². The van der Waals surface area contributed by atoms with Crippen molar-refractivity contribution >= 4 is 17.7 Å². The minimum atomic E-state index is -2.92. The number of carbonyl (C=O) groups is 3. The molecule has 2 aromatic carbocycles. The van der Waals surface area contributed by atoms with Crippen LogP contribution < -0.4 is 4.74 Å². The highest BCUT2D eigenvalue weighted by molar-refractivity contribution is 6.04. The maximum Gasteiger partial charge on any atom is 0.410 e. The summed E-state index contributed by atoms with van der Waals surface area (Å²) in [5.74, 6) is -3.92. The number of amides is 1. The maximum absolute atomic E-state index is 14.7. The number of rotatable bonds is 8. The Bertz CT molecular complexity index is 1250. The van der Waals surface area contributed by atoms with Crippen molar-refractivity contribution in [1.82, 2.24) is 4.90 Å². The number of benzene rings is 2. The molecule has 0 aromatic heterocycles. The van der Waals surface area contributed by atoms with Crippen molar-refractivity contribution in [1.29, 1.82) is 0 Å². The average Bonchev–Trinajstić information content (AvgIpc) is 3.23. The summed E-state index contributed by atoms with van der Waals surface area (Å²) >= 11 is 0. The molecule has 8 heteroatoms. The third-order valence-corrected chi connectivity index (χ3v) is 7.69. The van der Waals surface area contributed by atoms with E-state index in [1.807, 2.05) is 37.3 Å². The minimum absolute atomic E-state index is 0.0595. The third kappa shape index (κ3) is 6.53. The zero-order valence-electron chi connectivity index (χ0n) is 24.0. The molecule has 6 nitrogen and oxygen atoms in total. The van der Waals surface area contributed by atoms with Crippen LogP contribution in [0.2, 0.25) is 0 Å². The Morgan fingerprint density at radius 3 is 2.45 bits per heavy atom. The summed E-state index contributed by atoms with van der Waals surface area (Å²) in [6, 6.07) is 13.2. The molecule has 4 rings (SSSR count). The molecular formula is C32H39F2NO5. The van der Waals surface area contributed by atoms with Gasteiger partial charge in [0.2, 0.25) is 0 Å². The monoisotopic (exact) mass is 555 g/mol. The number of piperidine rings is 1. The molecule has 0 bridgehead atoms. The van der Waals surface area contributed by atoms with Crippen LogP contribution >= 0.6 is 0 Å². The van der Waals surface area contributed by atoms with E-state index < -0.39 is 30.0 Å². The van der Waals surface area contributed by atoms with Gasteiger partial charge in [0.05, 0.1) is 5.56 Å². The van der Waals surface area contributed by atoms with Gasteiger partial charge in [-0.2, -0.15) is 0 Å². The fraction of sp³-hybridized carbons (Fsp3) is 0.531. The molecule has 0 radical (unpaired) electrons. The third-order valence-electron chi connectivity index (χ3n) is 7.69. The van der Waals surface area contributed by atoms with Crippen LogP contribution in [0.1, 0.15) is 104 Å². The number of carbonyl (C=O) groups excluding carboxylic acids is 3. The van der Waals surface area contributed by atoms with Gasteiger partial charge < -0.3 is 14.4 Å². The molecule has 0 aliphatic carbocycles. The zero-order valence-corrected chi connectivity index (χ0v) is 24.0. The summed E-state index contributed by atoms with van der Waals surface area (Å²) in [5, 5.41) is 0. The van der Waals surface area contributed by atoms with E-state index >= 15 is 0 Å². The lowest BCUT2D eigenvalue weighted by Gasteiger charge is -2.38. The Hall–Kier alpha value is -3.29. The molecule has 40 heavy (non-hydrogen) atoms. The Morgan fingerprint density at radius 2 is 1.80 bits per heavy atom. The quantitative estimate of drug-likeness (QED) is 0.317. The fourth-order valence-electron chi connectivity index (χ4n) is 5.62. The summed E-state index contributed by atoms with van der Waals surface area (Å²) in [7, 11) is 0. The van der Waals surface area contributed by atoms with Crippen LogP contribution in [-0.2, 0) is 4.74 Å². The topological polar surface area (TPSA) is 72.9 Å². The molecule has 1 unspecified atom stereocenters. The lowest BCUT2D eigenvalue weighted by atomic mass is 9.85. The largest absolute Gasteiger partial charge is 0.489 e. The molecule has 216 valence electrons. The van der Waals surface area contributed by atoms with E-state index in [9.17, 15) is 23.2 Å². The van der Waals surface area contributed by atoms with Gasteiger partial charge >= 0.3 is 6.09 Å². The van der Waals surface area contributed by atoms with Crippen LogP contribution in [0.4, 0.5) is 13.6 Å². The first-order valence-electron chi connectivity index (χ1n) is 14.1. The van der Waals surface area contributed by atoms with E-state index in [2.05, 4.69) is 0 Å². The molecule has 1 saturated heterocycles. The van der Waals surface area contributed by atoms with E-state index in [-0.39, 0.29) is 62.4 Å². The number of Topliss-reactive ketones (excluding diaryl/α,β-unsaturated/α-hetero) is 2. The van der Waals surface area contributed by atoms with Gasteiger partial charge in [0, 0.05) is 55.3 Å². The number of fused-ring (bicyclic) bond motifs is 1. The first kappa shape index (κ1) is 29.7. The van der Waals surface area contributed by atoms with Crippen LogP contribution in [0.5, 0.6) is 5.75 Å². The van der Waals surface area contributed by atoms with Gasteiger partial charge in [-0.3, -0.25) is 9.59 Å². The minimum Gasteiger partial charge on any atom is -0.489 e. The highest BCUT2D eigenvalue weighted by Gasteiger charge is 2.45. The molecule has 0 spiro atoms. The van der Waals surface area contributed by atoms with Crippen molar-refractivity contribution in [3.8, 4) is 5.75 Å². The maximum atomic E-state index is 14.7. The number of ketones is 2. The molecule has 1 fully saturated rings. The molecule has 3 atom stereocenters. The number of hydrogen-bond acceptors (Lipinski definition) is 5. The summed E-state index contributed by atoms with van der Waals surface area (Å²) in [4.78, 5) is 40.0. The standard InChI is InChI=1S/C32H39F2NO5/c1-6-26(36)24-17-22(18-25-28(20(2)39-29(24)25)21-11-8-7-9-12-21)27(37)14-10-13-23-19-35(16-15-32(23,33)34)30(38)40-31(3,4)5/h7-9,11-12,17-18,20,23,28H,6,10,13-16,19H2,1-5H3/t20-,23?,28+/m1/s1. The Morgan fingerprint density at radius 1 is 1.10 bits per heavy atom. The number of nitrogens with zero attached hydrogens (tertiary/aromatic N) is 1. The van der Waals surface area contributed by atoms with E-state index in [4.69, 9.17) is 9.47 Å². The van der Waals surface area contributed by atoms with Crippen molar-refractivity contribution in [2.75, 3.05) is 13.1 Å². The Kier molecular flexibility index (Phi) is 8.66. The van der Waals surface area contributed by atoms with E-state index in [0.29, 0.717) is 16.9 Å². The summed E-state index contributed by atoms with van der Waals surface area (Å²) in [6.45, 7) is 8.74. The number of halogens is 2. The average molecular weight is 556 g/mol. The van der Waals surface area contributed by atoms with E-state index in [1.165, 1.54) is 4.90 Å². The van der Waals surface area contributed by atoms with Gasteiger partial charge in [0.15, 0.2) is 11.6 Å². The second-order valence-corrected chi connectivity index (χ2v) is 11.9. The normalized spacial score (nSPS) is 21.9. The number of hydrogen-bond donors (Lipinski definition) is 0. The second-order valence-electron chi connectivity index (χ2n) is 11.9. The molecular weight excluding hydrogens is 516 g/mol. The summed E-state index contributed by atoms with van der Waals surface area (Å²) in [5.41, 5.74) is 1.89. The predicted octanol–water partition coefficient (Wildman–Crippen LogP) is 7.44. The lowest BCUT2D eigenvalue weighted by molar-refractivity contribution is -0.107. The van der Waals surface area contributed by atoms with Gasteiger partial charge in [-0.15, -0.1) is 0 Å². The predicted molar refractivity (Wildman–Crippen MR) is 148 cm³/mol. The number of alkyl halides is 2. The van der Waals surface area contributed by atoms with Gasteiger partial charge in [0.1, 0.15) is 17.5 Å². The van der Waals surface area contributed by atoms with Gasteiger partial charge in [-0.05, 0) is 58.2 Å². The van der Waals surface area contributed by atoms with Gasteiger partial charge in [0.25, 0.3) is 5.92 Å². The van der Waals surface area contributed by atoms with Gasteiger partial charge in [-0.1, -0.05) is 37.3 Å². The van der Waals surface area contributed by atoms with Crippen molar-refractivity contribution < 1.29 is 32.6 Å². The first-order valence-corrected chi connectivity index (χ1v) is 14.1. The van der Waals surface area contributed by atoms with Crippen molar-refractivity contribution in [2.24, 2.45) is 5.92 Å². The second kappa shape index (κ2) is 11.7. The van der Waals surface area contributed by atoms with E-state index in [1.54, 1.807) is 39.8 Å². The highest BCUT2D eigenvalue weighted by atomic mass is 19.3. The molecule has 2 aromatic rings. The number of ether oxygens (including phenoxy) is 2. The van der Waals surface area contributed by atoms with Gasteiger partial charge in [-0.25, -0.2) is 13.6 Å². The van der Waals surface area contributed by atoms with Crippen LogP contribution in [0, 0.1) is 5.92 Å². The molecule has 0 N–H and O–H groups in total. The first-order chi connectivity index (χ1) is 18.8. The SMILES string of the molecule is CCC(=O)c1cc(C(=O)CCCC2CN(C(=O)OC(C)(C)C)CCC2(F)F)cc2c1O[C@H](C)[C@H]2c1ccccc1. The molecule has 2 aliphatic rings. The molecule has 1 amide bonds. The highest BCUT2D eigenvalue weighted by Crippen LogP contribution is 2.45. The van der Waals surface area contributed by atoms with E-state index in [0.717, 1.165) is 11.1 Å². The van der Waals surface area contributed by atoms with Crippen molar-refractivity contribution in [3.05, 3.63) is 64.7 Å². The fourth-order valence-corrected chi connectivity index (χ4v) is 5.62. The van der Waals surface area contributed by atoms with Crippen LogP contribution in [0.25, 0.3) is 0 Å². The molecule has 0 saturated carbocycles. The van der Waals surface area contributed by atoms with Crippen LogP contribution in [0.3, 0.4) is 0 Å². The Labute approximate surface area is 235 Å². The summed E-state index contributed by atoms with van der Waals surface area (Å²) in [6.07, 6.45) is -0.586. The number of likely N-dealkylation sites (tertiary alicyclic amines) is 1. The lowest BCUT2D eigenvalue weighted by Crippen LogP contribution is -2.50. The van der Waals surface area contributed by atoms with Crippen molar-refractivity contribution in [3.63, 3.8) is 0 Å². The van der Waals surface area contributed by atoms with Crippen LogP contribution in [0.15, 0.2) is 42.5 Å². The smallest absolute Gasteiger partial charge is 0.410 e. The summed E-state index contributed by atoms with van der Waals surface area (Å²) < 4.78 is 41.0. The zero-order chi connectivity index (χ0) is 29.2.